The predicted octanol–water partition coefficient (Wildman–Crippen LogP) is 1.88. The molecule has 2 saturated heterocycles. The Balaban J connectivity index is 1.51. The van der Waals surface area contributed by atoms with E-state index in [0.29, 0.717) is 0 Å². The van der Waals surface area contributed by atoms with Gasteiger partial charge in [0.05, 0.1) is 0 Å². The van der Waals surface area contributed by atoms with Crippen molar-refractivity contribution in [1.82, 2.24) is 15.1 Å². The zero-order valence-corrected chi connectivity index (χ0v) is 14.5. The van der Waals surface area contributed by atoms with E-state index in [9.17, 15) is 9.59 Å². The molecule has 0 atom stereocenters. The first kappa shape index (κ1) is 17.0. The summed E-state index contributed by atoms with van der Waals surface area (Å²) in [6.45, 7) is 4.57. The number of nitrogens with one attached hydrogen (secondary N) is 1. The molecule has 1 aromatic carbocycles. The second-order valence-corrected chi connectivity index (χ2v) is 6.86. The molecular weight excluding hydrogens is 302 g/mol. The number of hydrogen-bond donors (Lipinski definition) is 1. The number of carbonyl (C=O) groups is 2. The van der Waals surface area contributed by atoms with Crippen molar-refractivity contribution in [3.05, 3.63) is 35.4 Å². The zero-order valence-electron chi connectivity index (χ0n) is 14.5. The summed E-state index contributed by atoms with van der Waals surface area (Å²) in [7, 11) is 1.71. The predicted molar refractivity (Wildman–Crippen MR) is 93.6 cm³/mol. The number of nitrogens with zero attached hydrogens (tertiary/aromatic N) is 2. The molecule has 2 aliphatic rings. The van der Waals surface area contributed by atoms with Crippen LogP contribution in [0, 0.1) is 5.92 Å². The fourth-order valence-corrected chi connectivity index (χ4v) is 3.67. The number of likely N-dealkylation sites (tertiary alicyclic amines) is 2. The first-order chi connectivity index (χ1) is 11.7. The molecule has 24 heavy (non-hydrogen) atoms. The van der Waals surface area contributed by atoms with Crippen LogP contribution in [0.1, 0.15) is 41.6 Å². The highest BCUT2D eigenvalue weighted by atomic mass is 16.2. The molecule has 0 spiro atoms. The Morgan fingerprint density at radius 2 is 1.67 bits per heavy atom. The lowest BCUT2D eigenvalue weighted by molar-refractivity contribution is -0.125. The van der Waals surface area contributed by atoms with Crippen molar-refractivity contribution in [2.75, 3.05) is 33.2 Å². The van der Waals surface area contributed by atoms with Crippen LogP contribution in [0.15, 0.2) is 24.3 Å². The summed E-state index contributed by atoms with van der Waals surface area (Å²) in [6, 6.07) is 8.03. The van der Waals surface area contributed by atoms with E-state index >= 15 is 0 Å². The fourth-order valence-electron chi connectivity index (χ4n) is 3.67. The van der Waals surface area contributed by atoms with Gasteiger partial charge in [0.25, 0.3) is 5.91 Å². The summed E-state index contributed by atoms with van der Waals surface area (Å²) in [5, 5.41) is 2.75. The van der Waals surface area contributed by atoms with Gasteiger partial charge in [-0.2, -0.15) is 0 Å². The third-order valence-electron chi connectivity index (χ3n) is 5.21. The van der Waals surface area contributed by atoms with Gasteiger partial charge < -0.3 is 10.2 Å². The minimum Gasteiger partial charge on any atom is -0.359 e. The summed E-state index contributed by atoms with van der Waals surface area (Å²) in [6.07, 6.45) is 4.09. The summed E-state index contributed by atoms with van der Waals surface area (Å²) in [5.41, 5.74) is 2.02. The molecule has 0 aliphatic carbocycles. The van der Waals surface area contributed by atoms with Crippen LogP contribution in [0.25, 0.3) is 0 Å². The Kier molecular flexibility index (Phi) is 5.51. The van der Waals surface area contributed by atoms with E-state index < -0.39 is 0 Å². The Labute approximate surface area is 144 Å². The molecule has 0 unspecified atom stereocenters. The van der Waals surface area contributed by atoms with Gasteiger partial charge in [0.2, 0.25) is 5.91 Å². The van der Waals surface area contributed by atoms with E-state index in [1.54, 1.807) is 7.05 Å². The SMILES string of the molecule is CNC(=O)C1CCN(Cc2ccc(C(=O)N3CCCC3)cc2)CC1. The maximum Gasteiger partial charge on any atom is 0.253 e. The highest BCUT2D eigenvalue weighted by Crippen LogP contribution is 2.20. The monoisotopic (exact) mass is 329 g/mol. The van der Waals surface area contributed by atoms with Crippen LogP contribution in [0.2, 0.25) is 0 Å². The molecule has 1 aromatic rings. The molecule has 0 bridgehead atoms. The molecule has 1 N–H and O–H groups in total. The van der Waals surface area contributed by atoms with E-state index in [4.69, 9.17) is 0 Å². The Morgan fingerprint density at radius 1 is 1.04 bits per heavy atom. The third-order valence-corrected chi connectivity index (χ3v) is 5.21. The maximum absolute atomic E-state index is 12.4. The van der Waals surface area contributed by atoms with Gasteiger partial charge >= 0.3 is 0 Å². The standard InChI is InChI=1S/C19H27N3O2/c1-20-18(23)16-8-12-21(13-9-16)14-15-4-6-17(7-5-15)19(24)22-10-2-3-11-22/h4-7,16H,2-3,8-14H2,1H3,(H,20,23). The van der Waals surface area contributed by atoms with E-state index in [1.165, 1.54) is 5.56 Å². The lowest BCUT2D eigenvalue weighted by Gasteiger charge is -2.31. The maximum atomic E-state index is 12.4. The Bertz CT molecular complexity index is 571. The molecule has 5 heteroatoms. The molecule has 130 valence electrons. The lowest BCUT2D eigenvalue weighted by Crippen LogP contribution is -2.39. The second kappa shape index (κ2) is 7.79. The van der Waals surface area contributed by atoms with Crippen LogP contribution in [-0.2, 0) is 11.3 Å². The van der Waals surface area contributed by atoms with Crippen molar-refractivity contribution in [3.8, 4) is 0 Å². The molecule has 2 fully saturated rings. The fraction of sp³-hybridized carbons (Fsp3) is 0.579. The number of amides is 2. The van der Waals surface area contributed by atoms with Crippen molar-refractivity contribution in [2.45, 2.75) is 32.2 Å². The van der Waals surface area contributed by atoms with Gasteiger partial charge in [-0.25, -0.2) is 0 Å². The van der Waals surface area contributed by atoms with Gasteiger partial charge in [0.1, 0.15) is 0 Å². The lowest BCUT2D eigenvalue weighted by atomic mass is 9.95. The molecule has 2 heterocycles. The Morgan fingerprint density at radius 3 is 2.25 bits per heavy atom. The zero-order chi connectivity index (χ0) is 16.9. The normalized spacial score (nSPS) is 19.5. The van der Waals surface area contributed by atoms with Gasteiger partial charge in [-0.3, -0.25) is 14.5 Å². The van der Waals surface area contributed by atoms with Crippen LogP contribution in [0.5, 0.6) is 0 Å². The average molecular weight is 329 g/mol. The van der Waals surface area contributed by atoms with Gasteiger partial charge in [-0.1, -0.05) is 12.1 Å². The van der Waals surface area contributed by atoms with Gasteiger partial charge in [-0.15, -0.1) is 0 Å². The number of hydrogen-bond acceptors (Lipinski definition) is 3. The smallest absolute Gasteiger partial charge is 0.253 e. The minimum absolute atomic E-state index is 0.158. The quantitative estimate of drug-likeness (QED) is 0.918. The van der Waals surface area contributed by atoms with Crippen LogP contribution in [0.4, 0.5) is 0 Å². The van der Waals surface area contributed by atoms with E-state index in [2.05, 4.69) is 22.3 Å². The van der Waals surface area contributed by atoms with Crippen molar-refractivity contribution in [1.29, 1.82) is 0 Å². The first-order valence-electron chi connectivity index (χ1n) is 8.99. The molecule has 2 aliphatic heterocycles. The molecule has 0 aromatic heterocycles. The van der Waals surface area contributed by atoms with Crippen LogP contribution in [0.3, 0.4) is 0 Å². The third kappa shape index (κ3) is 3.96. The van der Waals surface area contributed by atoms with E-state index in [1.807, 2.05) is 17.0 Å². The Hall–Kier alpha value is -1.88. The van der Waals surface area contributed by atoms with E-state index in [0.717, 1.165) is 64.0 Å². The van der Waals surface area contributed by atoms with Crippen LogP contribution >= 0.6 is 0 Å². The topological polar surface area (TPSA) is 52.7 Å². The van der Waals surface area contributed by atoms with Gasteiger partial charge in [0, 0.05) is 38.2 Å². The molecule has 2 amide bonds. The van der Waals surface area contributed by atoms with Crippen molar-refractivity contribution in [2.24, 2.45) is 5.92 Å². The van der Waals surface area contributed by atoms with Crippen LogP contribution in [-0.4, -0.2) is 54.8 Å². The number of carbonyl (C=O) groups excluding carboxylic acids is 2. The van der Waals surface area contributed by atoms with Gasteiger partial charge in [0.15, 0.2) is 0 Å². The summed E-state index contributed by atoms with van der Waals surface area (Å²) < 4.78 is 0. The number of benzene rings is 1. The van der Waals surface area contributed by atoms with Crippen molar-refractivity contribution < 1.29 is 9.59 Å². The first-order valence-corrected chi connectivity index (χ1v) is 8.99. The number of rotatable bonds is 4. The van der Waals surface area contributed by atoms with Crippen molar-refractivity contribution in [3.63, 3.8) is 0 Å². The summed E-state index contributed by atoms with van der Waals surface area (Å²) >= 11 is 0. The molecule has 3 rings (SSSR count). The highest BCUT2D eigenvalue weighted by molar-refractivity contribution is 5.94. The van der Waals surface area contributed by atoms with Crippen molar-refractivity contribution >= 4 is 11.8 Å². The average Bonchev–Trinajstić information content (AvgIpc) is 3.16. The molecule has 0 radical (unpaired) electrons. The molecular formula is C19H27N3O2. The minimum atomic E-state index is 0.158. The summed E-state index contributed by atoms with van der Waals surface area (Å²) in [4.78, 5) is 28.4. The molecule has 5 nitrogen and oxygen atoms in total. The largest absolute Gasteiger partial charge is 0.359 e. The number of piperidine rings is 1. The van der Waals surface area contributed by atoms with Gasteiger partial charge in [-0.05, 0) is 56.5 Å². The summed E-state index contributed by atoms with van der Waals surface area (Å²) in [5.74, 6) is 0.483. The van der Waals surface area contributed by atoms with Crippen LogP contribution < -0.4 is 5.32 Å². The second-order valence-electron chi connectivity index (χ2n) is 6.86. The van der Waals surface area contributed by atoms with E-state index in [-0.39, 0.29) is 17.7 Å². The molecule has 0 saturated carbocycles. The highest BCUT2D eigenvalue weighted by Gasteiger charge is 2.24.